The molecule has 7 amide bonds. The number of Topliss-reactive ketones (excluding diaryl/α,β-unsaturated/α-hetero) is 4. The van der Waals surface area contributed by atoms with Gasteiger partial charge in [0.2, 0.25) is 41.4 Å². The lowest BCUT2D eigenvalue weighted by atomic mass is 9.95. The normalized spacial score (nSPS) is 20.2. The standard InChI is InChI=1S/C81H112N10O22S3/c1-4-5-7-16-63(95)38-58-49-115-47-56-33-55(46-114-32-13-18-62(94)17-10-21-70(98)83-60-24-22-54(23-25-60)36-61(89(40-51(2)92)45-74(105)106)41-87(42-71(99)100)30-31-88(43-72(101)102)44-73(103)104)34-57(35-56)48-116-50-59(81(112)113)39-68(96)65(37-53-14-8-6-9-15-53)85-76(107)64(26-27-69(82)97)84-78(109)75(52(3)93)86-77(108)66-19-11-28-90(66)80(111)67-20-12-29-91(67)79(58)110/h6,8-9,14-15,22-25,33-35,52,58-59,61,64-67,75,93H,4-5,7,10-13,16-21,26-32,36-50H2,1-3H3,(H2,82,97)(H,83,98)(H,84,109)(H,85,107)(H,86,108)(H,99,100)(H,101,102)(H,103,104)(H,105,106)(H,112,113)/t52-,58+,59+,61-,64+,65+,66+,67+,75+/m1/s1. The zero-order chi connectivity index (χ0) is 85.0. The van der Waals surface area contributed by atoms with Crippen molar-refractivity contribution in [3.05, 3.63) is 101 Å². The number of hydrogen-bond donors (Lipinski definition) is 11. The topological polar surface area (TPSA) is 485 Å². The van der Waals surface area contributed by atoms with Crippen molar-refractivity contribution in [3.63, 3.8) is 0 Å². The molecule has 2 fully saturated rings. The number of carboxylic acids is 5. The van der Waals surface area contributed by atoms with Crippen molar-refractivity contribution in [3.8, 4) is 0 Å². The highest BCUT2D eigenvalue weighted by Gasteiger charge is 2.45. The van der Waals surface area contributed by atoms with Crippen LogP contribution in [-0.4, -0.2) is 275 Å². The van der Waals surface area contributed by atoms with Gasteiger partial charge in [-0.25, -0.2) is 0 Å². The number of hydrogen-bond acceptors (Lipinski definition) is 23. The lowest BCUT2D eigenvalue weighted by molar-refractivity contribution is -0.148. The average Bonchev–Trinajstić information content (AvgIpc) is 1.62. The second-order valence-corrected chi connectivity index (χ2v) is 33.2. The zero-order valence-corrected chi connectivity index (χ0v) is 68.6. The molecule has 0 saturated carbocycles. The maximum atomic E-state index is 15.0. The lowest BCUT2D eigenvalue weighted by Gasteiger charge is -2.34. The number of aliphatic carboxylic acids is 5. The van der Waals surface area contributed by atoms with Crippen molar-refractivity contribution in [1.82, 2.24) is 40.4 Å². The third-order valence-electron chi connectivity index (χ3n) is 20.1. The number of amides is 7. The number of unbranched alkanes of at least 4 members (excludes halogenated alkanes) is 2. The zero-order valence-electron chi connectivity index (χ0n) is 66.1. The maximum absolute atomic E-state index is 15.0. The van der Waals surface area contributed by atoms with E-state index in [2.05, 4.69) is 21.3 Å². The van der Waals surface area contributed by atoms with Crippen LogP contribution in [-0.2, 0) is 107 Å². The molecule has 12 N–H and O–H groups in total. The highest BCUT2D eigenvalue weighted by atomic mass is 32.2. The molecule has 636 valence electrons. The molecule has 3 aromatic rings. The van der Waals surface area contributed by atoms with E-state index < -0.39 is 158 Å². The molecule has 6 rings (SSSR count). The smallest absolute Gasteiger partial charge is 0.317 e. The van der Waals surface area contributed by atoms with Crippen LogP contribution in [0.2, 0.25) is 0 Å². The molecule has 35 heteroatoms. The van der Waals surface area contributed by atoms with Gasteiger partial charge in [0.25, 0.3) is 0 Å². The minimum atomic E-state index is -1.70. The van der Waals surface area contributed by atoms with E-state index in [9.17, 15) is 107 Å². The molecular formula is C81H112N10O22S3. The molecule has 3 heterocycles. The molecule has 0 spiro atoms. The van der Waals surface area contributed by atoms with Gasteiger partial charge in [0.05, 0.1) is 56.7 Å². The van der Waals surface area contributed by atoms with Crippen LogP contribution in [0.15, 0.2) is 72.8 Å². The molecule has 0 aliphatic carbocycles. The van der Waals surface area contributed by atoms with Crippen LogP contribution >= 0.6 is 35.3 Å². The van der Waals surface area contributed by atoms with Crippen molar-refractivity contribution in [1.29, 1.82) is 0 Å². The minimum Gasteiger partial charge on any atom is -0.481 e. The molecule has 116 heavy (non-hydrogen) atoms. The third-order valence-corrected chi connectivity index (χ3v) is 23.6. The highest BCUT2D eigenvalue weighted by molar-refractivity contribution is 7.99. The Bertz CT molecular complexity index is 3860. The third kappa shape index (κ3) is 34.2. The van der Waals surface area contributed by atoms with Gasteiger partial charge < -0.3 is 67.4 Å². The van der Waals surface area contributed by atoms with Gasteiger partial charge in [0, 0.05) is 118 Å². The number of fused-ring (bicyclic) bond motifs is 4. The molecule has 3 aliphatic rings. The van der Waals surface area contributed by atoms with Gasteiger partial charge in [0.1, 0.15) is 41.5 Å². The maximum Gasteiger partial charge on any atom is 0.317 e. The molecule has 0 unspecified atom stereocenters. The van der Waals surface area contributed by atoms with Gasteiger partial charge in [-0.15, -0.1) is 0 Å². The van der Waals surface area contributed by atoms with Crippen LogP contribution in [0.3, 0.4) is 0 Å². The van der Waals surface area contributed by atoms with E-state index >= 15 is 0 Å². The van der Waals surface area contributed by atoms with E-state index in [1.54, 1.807) is 66.4 Å². The summed E-state index contributed by atoms with van der Waals surface area (Å²) >= 11 is 4.31. The van der Waals surface area contributed by atoms with Gasteiger partial charge in [-0.1, -0.05) is 80.4 Å². The van der Waals surface area contributed by atoms with E-state index in [-0.39, 0.29) is 151 Å². The van der Waals surface area contributed by atoms with Crippen LogP contribution in [0.1, 0.15) is 158 Å². The van der Waals surface area contributed by atoms with E-state index in [1.807, 2.05) is 25.1 Å². The van der Waals surface area contributed by atoms with E-state index in [4.69, 9.17) is 5.73 Å². The summed E-state index contributed by atoms with van der Waals surface area (Å²) in [5.41, 5.74) is 9.76. The van der Waals surface area contributed by atoms with E-state index in [0.29, 0.717) is 65.5 Å². The first-order chi connectivity index (χ1) is 55.2. The van der Waals surface area contributed by atoms with Gasteiger partial charge in [-0.05, 0) is 124 Å². The summed E-state index contributed by atoms with van der Waals surface area (Å²) in [6.07, 6.45) is 2.14. The number of carboxylic acid groups (broad SMARTS) is 5. The fraction of sp³-hybridized carbons (Fsp3) is 0.580. The summed E-state index contributed by atoms with van der Waals surface area (Å²) in [5.74, 6) is -12.5. The van der Waals surface area contributed by atoms with Crippen LogP contribution in [0.4, 0.5) is 5.69 Å². The Kier molecular flexibility index (Phi) is 41.1. The largest absolute Gasteiger partial charge is 0.481 e. The number of benzene rings is 3. The van der Waals surface area contributed by atoms with Crippen LogP contribution in [0, 0.1) is 11.8 Å². The summed E-state index contributed by atoms with van der Waals surface area (Å²) in [7, 11) is 0. The van der Waals surface area contributed by atoms with Crippen molar-refractivity contribution in [2.24, 2.45) is 17.6 Å². The fourth-order valence-electron chi connectivity index (χ4n) is 14.4. The Hall–Kier alpha value is -9.13. The SMILES string of the molecule is CCCCCC(=O)C[C@H]1CSCc2cc(CSCCCC(=O)CCCC(=O)Nc3ccc(C[C@H](CN(CCN(CC(=O)O)CC(=O)O)CC(=O)O)N(CC(C)=O)CC(=O)O)cc3)cc(c2)CSC[C@@H](C(=O)O)CC(=O)[C@H](Cc2ccccc2)NC(=O)[C@H](CCC(N)=O)NC(=O)[C@H]([C@@H](C)O)NC(=O)[C@@H]2CCCN2C(=O)[C@@H]2CCCN2C1=O. The first kappa shape index (κ1) is 95.7. The first-order valence-corrected chi connectivity index (χ1v) is 42.8. The molecule has 0 aromatic heterocycles. The van der Waals surface area contributed by atoms with E-state index in [0.717, 1.165) is 34.4 Å². The number of ketones is 4. The number of rotatable bonds is 42. The first-order valence-electron chi connectivity index (χ1n) is 39.4. The molecular weight excluding hydrogens is 1560 g/mol. The van der Waals surface area contributed by atoms with Crippen LogP contribution < -0.4 is 27.0 Å². The Morgan fingerprint density at radius 3 is 1.83 bits per heavy atom. The summed E-state index contributed by atoms with van der Waals surface area (Å²) in [6.45, 7) is 1.79. The molecule has 3 aromatic carbocycles. The Labute approximate surface area is 688 Å². The van der Waals surface area contributed by atoms with Crippen molar-refractivity contribution in [2.45, 2.75) is 202 Å². The number of nitrogens with one attached hydrogen (secondary N) is 4. The van der Waals surface area contributed by atoms with Crippen LogP contribution in [0.5, 0.6) is 0 Å². The van der Waals surface area contributed by atoms with Gasteiger partial charge in [-0.3, -0.25) is 91.4 Å². The monoisotopic (exact) mass is 1670 g/mol. The van der Waals surface area contributed by atoms with Crippen molar-refractivity contribution < 1.29 is 107 Å². The number of aliphatic hydroxyl groups is 1. The van der Waals surface area contributed by atoms with Crippen molar-refractivity contribution in [2.75, 3.05) is 88.0 Å². The average molecular weight is 1670 g/mol. The lowest BCUT2D eigenvalue weighted by Crippen LogP contribution is -2.61. The summed E-state index contributed by atoms with van der Waals surface area (Å²) in [4.78, 5) is 219. The molecule has 3 aliphatic heterocycles. The fourth-order valence-corrected chi connectivity index (χ4v) is 17.4. The van der Waals surface area contributed by atoms with Crippen LogP contribution in [0.25, 0.3) is 0 Å². The minimum absolute atomic E-state index is 0.0166. The Morgan fingerprint density at radius 2 is 1.22 bits per heavy atom. The second kappa shape index (κ2) is 49.8. The molecule has 32 nitrogen and oxygen atoms in total. The van der Waals surface area contributed by atoms with Gasteiger partial charge in [-0.2, -0.15) is 35.3 Å². The number of nitrogens with two attached hydrogens (primary N) is 1. The molecule has 0 radical (unpaired) electrons. The number of thioether (sulfide) groups is 3. The number of aliphatic hydroxyl groups excluding tert-OH is 1. The Balaban J connectivity index is 1.16. The second-order valence-electron chi connectivity index (χ2n) is 30.0. The number of nitrogens with zero attached hydrogens (tertiary/aromatic N) is 5. The molecule has 2 saturated heterocycles. The van der Waals surface area contributed by atoms with Crippen molar-refractivity contribution >= 4 is 135 Å². The molecule has 2 bridgehead atoms. The number of primary amides is 1. The van der Waals surface area contributed by atoms with Gasteiger partial charge in [0.15, 0.2) is 5.78 Å². The highest BCUT2D eigenvalue weighted by Crippen LogP contribution is 2.32. The summed E-state index contributed by atoms with van der Waals surface area (Å²) in [5, 5.41) is 70.6. The van der Waals surface area contributed by atoms with Gasteiger partial charge >= 0.3 is 29.8 Å². The summed E-state index contributed by atoms with van der Waals surface area (Å²) in [6, 6.07) is 13.7. The number of carbonyl (C=O) groups excluding carboxylic acids is 11. The number of carbonyl (C=O) groups is 16. The molecule has 9 atom stereocenters. The van der Waals surface area contributed by atoms with E-state index in [1.165, 1.54) is 57.0 Å². The predicted molar refractivity (Wildman–Crippen MR) is 435 cm³/mol. The summed E-state index contributed by atoms with van der Waals surface area (Å²) < 4.78 is 0. The number of anilines is 1. The Morgan fingerprint density at radius 1 is 0.621 bits per heavy atom. The quantitative estimate of drug-likeness (QED) is 0.0349. The predicted octanol–water partition coefficient (Wildman–Crippen LogP) is 4.44.